The smallest absolute Gasteiger partial charge is 0.314 e. The van der Waals surface area contributed by atoms with Crippen molar-refractivity contribution in [3.8, 4) is 0 Å². The van der Waals surface area contributed by atoms with Gasteiger partial charge in [-0.05, 0) is 43.6 Å². The normalized spacial score (nSPS) is 13.5. The van der Waals surface area contributed by atoms with E-state index in [0.29, 0.717) is 18.9 Å². The zero-order valence-electron chi connectivity index (χ0n) is 13.5. The minimum atomic E-state index is -0.752. The van der Waals surface area contributed by atoms with Gasteiger partial charge in [0.1, 0.15) is 0 Å². The van der Waals surface area contributed by atoms with Crippen molar-refractivity contribution < 1.29 is 14.7 Å². The van der Waals surface area contributed by atoms with Crippen molar-refractivity contribution in [2.75, 3.05) is 18.1 Å². The number of carboxylic acid groups (broad SMARTS) is 1. The van der Waals surface area contributed by atoms with Crippen LogP contribution in [0.2, 0.25) is 0 Å². The third kappa shape index (κ3) is 12.5. The Morgan fingerprint density at radius 2 is 1.90 bits per heavy atom. The van der Waals surface area contributed by atoms with Crippen LogP contribution in [0.25, 0.3) is 0 Å². The molecule has 0 aromatic rings. The topological polar surface area (TPSA) is 78.4 Å². The fourth-order valence-electron chi connectivity index (χ4n) is 2.02. The van der Waals surface area contributed by atoms with Gasteiger partial charge in [0, 0.05) is 19.0 Å². The second-order valence-corrected chi connectivity index (χ2v) is 6.68. The lowest BCUT2D eigenvalue weighted by atomic mass is 9.97. The standard InChI is InChI=1S/C15H30N2O3S/c1-4-13(6-7-14(18)19)8-10-16-15(20)17-12(3)9-11-21-5-2/h12-13H,4-11H2,1-3H3,(H,18,19)(H2,16,17,20). The van der Waals surface area contributed by atoms with Crippen molar-refractivity contribution in [2.24, 2.45) is 5.92 Å². The van der Waals surface area contributed by atoms with E-state index in [1.54, 1.807) is 0 Å². The van der Waals surface area contributed by atoms with Crippen LogP contribution < -0.4 is 10.6 Å². The highest BCUT2D eigenvalue weighted by molar-refractivity contribution is 7.99. The van der Waals surface area contributed by atoms with Gasteiger partial charge < -0.3 is 15.7 Å². The highest BCUT2D eigenvalue weighted by Crippen LogP contribution is 2.14. The molecule has 0 rings (SSSR count). The quantitative estimate of drug-likeness (QED) is 0.483. The zero-order chi connectivity index (χ0) is 16.1. The molecule has 0 aliphatic carbocycles. The van der Waals surface area contributed by atoms with Gasteiger partial charge in [0.25, 0.3) is 0 Å². The van der Waals surface area contributed by atoms with Crippen molar-refractivity contribution in [1.82, 2.24) is 10.6 Å². The van der Waals surface area contributed by atoms with E-state index in [0.717, 1.165) is 30.8 Å². The molecule has 0 bridgehead atoms. The zero-order valence-corrected chi connectivity index (χ0v) is 14.3. The minimum absolute atomic E-state index is 0.128. The van der Waals surface area contributed by atoms with Gasteiger partial charge in [-0.15, -0.1) is 0 Å². The molecular weight excluding hydrogens is 288 g/mol. The molecule has 0 aliphatic rings. The number of nitrogens with one attached hydrogen (secondary N) is 2. The average Bonchev–Trinajstić information content (AvgIpc) is 2.42. The maximum absolute atomic E-state index is 11.7. The summed E-state index contributed by atoms with van der Waals surface area (Å²) in [5.74, 6) is 1.77. The lowest BCUT2D eigenvalue weighted by Gasteiger charge is -2.16. The van der Waals surface area contributed by atoms with Crippen molar-refractivity contribution in [3.63, 3.8) is 0 Å². The van der Waals surface area contributed by atoms with E-state index >= 15 is 0 Å². The van der Waals surface area contributed by atoms with Crippen molar-refractivity contribution in [1.29, 1.82) is 0 Å². The fraction of sp³-hybridized carbons (Fsp3) is 0.867. The first-order valence-electron chi connectivity index (χ1n) is 7.83. The number of carbonyl (C=O) groups excluding carboxylic acids is 1. The molecule has 0 radical (unpaired) electrons. The Labute approximate surface area is 132 Å². The first-order valence-corrected chi connectivity index (χ1v) is 8.98. The Kier molecular flexibility index (Phi) is 12.2. The third-order valence-electron chi connectivity index (χ3n) is 3.46. The predicted molar refractivity (Wildman–Crippen MR) is 88.9 cm³/mol. The number of amides is 2. The molecule has 0 aromatic carbocycles. The van der Waals surface area contributed by atoms with E-state index in [4.69, 9.17) is 5.11 Å². The van der Waals surface area contributed by atoms with Crippen LogP contribution >= 0.6 is 11.8 Å². The van der Waals surface area contributed by atoms with Crippen LogP contribution in [0.15, 0.2) is 0 Å². The van der Waals surface area contributed by atoms with Gasteiger partial charge in [0.2, 0.25) is 0 Å². The summed E-state index contributed by atoms with van der Waals surface area (Å²) in [7, 11) is 0. The summed E-state index contributed by atoms with van der Waals surface area (Å²) >= 11 is 1.88. The summed E-state index contributed by atoms with van der Waals surface area (Å²) in [5.41, 5.74) is 0. The van der Waals surface area contributed by atoms with Gasteiger partial charge in [-0.2, -0.15) is 11.8 Å². The lowest BCUT2D eigenvalue weighted by Crippen LogP contribution is -2.41. The van der Waals surface area contributed by atoms with Crippen molar-refractivity contribution >= 4 is 23.8 Å². The van der Waals surface area contributed by atoms with Gasteiger partial charge in [-0.25, -0.2) is 4.79 Å². The molecule has 3 N–H and O–H groups in total. The molecule has 0 aromatic heterocycles. The average molecular weight is 318 g/mol. The maximum atomic E-state index is 11.7. The van der Waals surface area contributed by atoms with Crippen LogP contribution in [0.3, 0.4) is 0 Å². The van der Waals surface area contributed by atoms with Crippen molar-refractivity contribution in [3.05, 3.63) is 0 Å². The number of thioether (sulfide) groups is 1. The first-order chi connectivity index (χ1) is 9.99. The highest BCUT2D eigenvalue weighted by Gasteiger charge is 2.10. The van der Waals surface area contributed by atoms with Crippen LogP contribution in [-0.2, 0) is 4.79 Å². The molecule has 5 nitrogen and oxygen atoms in total. The summed E-state index contributed by atoms with van der Waals surface area (Å²) in [6.45, 7) is 6.79. The van der Waals surface area contributed by atoms with Crippen LogP contribution in [-0.4, -0.2) is 41.2 Å². The summed E-state index contributed by atoms with van der Waals surface area (Å²) < 4.78 is 0. The number of carbonyl (C=O) groups is 2. The summed E-state index contributed by atoms with van der Waals surface area (Å²) in [6, 6.07) is 0.0510. The molecule has 0 saturated carbocycles. The monoisotopic (exact) mass is 318 g/mol. The Morgan fingerprint density at radius 3 is 2.48 bits per heavy atom. The molecule has 2 atom stereocenters. The predicted octanol–water partition coefficient (Wildman–Crippen LogP) is 3.10. The number of hydrogen-bond acceptors (Lipinski definition) is 3. The third-order valence-corrected chi connectivity index (χ3v) is 4.39. The van der Waals surface area contributed by atoms with E-state index in [-0.39, 0.29) is 18.5 Å². The Morgan fingerprint density at radius 1 is 1.19 bits per heavy atom. The Hall–Kier alpha value is -0.910. The lowest BCUT2D eigenvalue weighted by molar-refractivity contribution is -0.137. The van der Waals surface area contributed by atoms with Gasteiger partial charge in [0.15, 0.2) is 0 Å². The summed E-state index contributed by atoms with van der Waals surface area (Å²) in [6.07, 6.45) is 3.64. The number of urea groups is 1. The molecule has 0 aliphatic heterocycles. The van der Waals surface area contributed by atoms with E-state index in [2.05, 4.69) is 24.5 Å². The molecule has 0 saturated heterocycles. The largest absolute Gasteiger partial charge is 0.481 e. The van der Waals surface area contributed by atoms with E-state index in [1.807, 2.05) is 18.7 Å². The molecule has 21 heavy (non-hydrogen) atoms. The van der Waals surface area contributed by atoms with Crippen LogP contribution in [0.1, 0.15) is 52.9 Å². The van der Waals surface area contributed by atoms with Gasteiger partial charge in [-0.3, -0.25) is 4.79 Å². The summed E-state index contributed by atoms with van der Waals surface area (Å²) in [4.78, 5) is 22.2. The van der Waals surface area contributed by atoms with E-state index in [1.165, 1.54) is 0 Å². The minimum Gasteiger partial charge on any atom is -0.481 e. The van der Waals surface area contributed by atoms with E-state index < -0.39 is 5.97 Å². The second-order valence-electron chi connectivity index (χ2n) is 5.28. The maximum Gasteiger partial charge on any atom is 0.314 e. The van der Waals surface area contributed by atoms with Crippen LogP contribution in [0.5, 0.6) is 0 Å². The Bertz CT molecular complexity index is 301. The molecule has 0 fully saturated rings. The first kappa shape index (κ1) is 20.1. The van der Waals surface area contributed by atoms with Crippen LogP contribution in [0.4, 0.5) is 4.79 Å². The SMILES string of the molecule is CCSCCC(C)NC(=O)NCCC(CC)CCC(=O)O. The molecule has 2 amide bonds. The number of rotatable bonds is 12. The van der Waals surface area contributed by atoms with Gasteiger partial charge in [-0.1, -0.05) is 20.3 Å². The highest BCUT2D eigenvalue weighted by atomic mass is 32.2. The van der Waals surface area contributed by atoms with Gasteiger partial charge >= 0.3 is 12.0 Å². The number of aliphatic carboxylic acids is 1. The fourth-order valence-corrected chi connectivity index (χ4v) is 2.83. The molecule has 6 heteroatoms. The molecule has 124 valence electrons. The number of hydrogen-bond donors (Lipinski definition) is 3. The molecule has 0 spiro atoms. The van der Waals surface area contributed by atoms with Crippen LogP contribution in [0, 0.1) is 5.92 Å². The van der Waals surface area contributed by atoms with Crippen molar-refractivity contribution in [2.45, 2.75) is 58.9 Å². The summed E-state index contributed by atoms with van der Waals surface area (Å²) in [5, 5.41) is 14.5. The second kappa shape index (κ2) is 12.8. The number of carboxylic acids is 1. The Balaban J connectivity index is 3.73. The molecular formula is C15H30N2O3S. The molecule has 2 unspecified atom stereocenters. The van der Waals surface area contributed by atoms with E-state index in [9.17, 15) is 9.59 Å². The molecule has 0 heterocycles. The van der Waals surface area contributed by atoms with Gasteiger partial charge in [0.05, 0.1) is 0 Å².